The Morgan fingerprint density at radius 1 is 1.06 bits per heavy atom. The molecule has 0 aliphatic rings. The molecule has 0 radical (unpaired) electrons. The van der Waals surface area contributed by atoms with E-state index in [0.717, 1.165) is 16.3 Å². The molecule has 0 spiro atoms. The maximum Gasteiger partial charge on any atom is 0.329 e. The number of nitrogens with one attached hydrogen (secondary N) is 2. The minimum absolute atomic E-state index is 0.105. The summed E-state index contributed by atoms with van der Waals surface area (Å²) >= 11 is 0. The number of carbonyl (C=O) groups is 2. The van der Waals surface area contributed by atoms with Crippen molar-refractivity contribution in [3.63, 3.8) is 0 Å². The van der Waals surface area contributed by atoms with Gasteiger partial charge in [-0.1, -0.05) is 49.4 Å². The summed E-state index contributed by atoms with van der Waals surface area (Å²) in [5, 5.41) is 8.39. The highest BCUT2D eigenvalue weighted by Crippen LogP contribution is 2.27. The summed E-state index contributed by atoms with van der Waals surface area (Å²) in [6.45, 7) is 3.97. The molecule has 0 saturated carbocycles. The van der Waals surface area contributed by atoms with Crippen LogP contribution in [0.2, 0.25) is 0 Å². The van der Waals surface area contributed by atoms with Gasteiger partial charge in [0.05, 0.1) is 6.21 Å². The van der Waals surface area contributed by atoms with E-state index in [1.165, 1.54) is 18.3 Å². The first kappa shape index (κ1) is 22.0. The lowest BCUT2D eigenvalue weighted by molar-refractivity contribution is -0.139. The highest BCUT2D eigenvalue weighted by molar-refractivity contribution is 6.35. The Bertz CT molecular complexity index is 1100. The molecule has 0 saturated heterocycles. The first-order chi connectivity index (χ1) is 15.0. The van der Waals surface area contributed by atoms with Gasteiger partial charge in [0.25, 0.3) is 0 Å². The number of nitrogens with zero attached hydrogens (tertiary/aromatic N) is 1. The van der Waals surface area contributed by atoms with Crippen LogP contribution in [0.15, 0.2) is 65.8 Å². The third-order valence-corrected chi connectivity index (χ3v) is 4.79. The fourth-order valence-corrected chi connectivity index (χ4v) is 2.87. The standard InChI is InChI=1S/C24H24FN3O3/c1-3-16(2)27-23(29)24(30)28-26-14-21-20-7-5-4-6-18(20)10-13-22(21)31-15-17-8-11-19(25)12-9-17/h4-14,16H,3,15H2,1-2H3,(H,27,29)(H,28,30)/b26-14-/t16-/m0/s1. The van der Waals surface area contributed by atoms with E-state index in [0.29, 0.717) is 17.7 Å². The van der Waals surface area contributed by atoms with E-state index >= 15 is 0 Å². The van der Waals surface area contributed by atoms with Crippen molar-refractivity contribution in [1.82, 2.24) is 10.7 Å². The molecule has 7 heteroatoms. The molecule has 3 rings (SSSR count). The van der Waals surface area contributed by atoms with E-state index in [1.807, 2.05) is 50.2 Å². The summed E-state index contributed by atoms with van der Waals surface area (Å²) in [5.41, 5.74) is 3.72. The van der Waals surface area contributed by atoms with E-state index in [-0.39, 0.29) is 18.5 Å². The van der Waals surface area contributed by atoms with Crippen molar-refractivity contribution in [2.45, 2.75) is 32.9 Å². The van der Waals surface area contributed by atoms with Gasteiger partial charge in [-0.15, -0.1) is 0 Å². The first-order valence-electron chi connectivity index (χ1n) is 10.0. The summed E-state index contributed by atoms with van der Waals surface area (Å²) < 4.78 is 19.1. The maximum absolute atomic E-state index is 13.1. The van der Waals surface area contributed by atoms with Crippen molar-refractivity contribution in [2.24, 2.45) is 5.10 Å². The molecule has 1 atom stereocenters. The Kier molecular flexibility index (Phi) is 7.32. The number of halogens is 1. The van der Waals surface area contributed by atoms with Gasteiger partial charge in [0, 0.05) is 11.6 Å². The van der Waals surface area contributed by atoms with Gasteiger partial charge in [-0.05, 0) is 47.9 Å². The zero-order chi connectivity index (χ0) is 22.2. The summed E-state index contributed by atoms with van der Waals surface area (Å²) in [5.74, 6) is -1.34. The minimum Gasteiger partial charge on any atom is -0.488 e. The molecule has 6 nitrogen and oxygen atoms in total. The maximum atomic E-state index is 13.1. The average Bonchev–Trinajstić information content (AvgIpc) is 2.79. The monoisotopic (exact) mass is 421 g/mol. The average molecular weight is 421 g/mol. The predicted molar refractivity (Wildman–Crippen MR) is 118 cm³/mol. The van der Waals surface area contributed by atoms with Gasteiger partial charge in [0.15, 0.2) is 0 Å². The molecule has 0 heterocycles. The van der Waals surface area contributed by atoms with E-state index in [2.05, 4.69) is 15.8 Å². The van der Waals surface area contributed by atoms with E-state index in [1.54, 1.807) is 12.1 Å². The molecular weight excluding hydrogens is 397 g/mol. The lowest BCUT2D eigenvalue weighted by Crippen LogP contribution is -2.41. The number of amides is 2. The van der Waals surface area contributed by atoms with Crippen LogP contribution in [-0.2, 0) is 16.2 Å². The van der Waals surface area contributed by atoms with Crippen molar-refractivity contribution in [2.75, 3.05) is 0 Å². The van der Waals surface area contributed by atoms with Crippen molar-refractivity contribution in [1.29, 1.82) is 0 Å². The van der Waals surface area contributed by atoms with Crippen molar-refractivity contribution in [3.8, 4) is 5.75 Å². The number of benzene rings is 3. The lowest BCUT2D eigenvalue weighted by atomic mass is 10.0. The second-order valence-electron chi connectivity index (χ2n) is 7.10. The van der Waals surface area contributed by atoms with Crippen LogP contribution in [0.4, 0.5) is 4.39 Å². The number of rotatable bonds is 7. The van der Waals surface area contributed by atoms with Gasteiger partial charge in [-0.3, -0.25) is 9.59 Å². The van der Waals surface area contributed by atoms with Crippen LogP contribution in [0, 0.1) is 5.82 Å². The molecule has 0 aliphatic heterocycles. The van der Waals surface area contributed by atoms with Crippen molar-refractivity contribution in [3.05, 3.63) is 77.6 Å². The largest absolute Gasteiger partial charge is 0.488 e. The molecule has 31 heavy (non-hydrogen) atoms. The van der Waals surface area contributed by atoms with Crippen LogP contribution in [0.5, 0.6) is 5.75 Å². The summed E-state index contributed by atoms with van der Waals surface area (Å²) in [7, 11) is 0. The summed E-state index contributed by atoms with van der Waals surface area (Å²) in [6.07, 6.45) is 2.17. The van der Waals surface area contributed by atoms with Crippen molar-refractivity contribution >= 4 is 28.8 Å². The Balaban J connectivity index is 1.79. The third-order valence-electron chi connectivity index (χ3n) is 4.79. The van der Waals surface area contributed by atoms with Gasteiger partial charge in [-0.2, -0.15) is 5.10 Å². The van der Waals surface area contributed by atoms with Gasteiger partial charge in [-0.25, -0.2) is 9.82 Å². The second kappa shape index (κ2) is 10.3. The fraction of sp³-hybridized carbons (Fsp3) is 0.208. The van der Waals surface area contributed by atoms with Crippen molar-refractivity contribution < 1.29 is 18.7 Å². The third kappa shape index (κ3) is 5.88. The molecule has 0 aromatic heterocycles. The van der Waals surface area contributed by atoms with Gasteiger partial charge >= 0.3 is 11.8 Å². The molecule has 3 aromatic carbocycles. The molecule has 160 valence electrons. The molecule has 3 aromatic rings. The highest BCUT2D eigenvalue weighted by Gasteiger charge is 2.14. The number of ether oxygens (including phenoxy) is 1. The second-order valence-corrected chi connectivity index (χ2v) is 7.10. The van der Waals surface area contributed by atoms with Crippen LogP contribution in [0.3, 0.4) is 0 Å². The van der Waals surface area contributed by atoms with Gasteiger partial charge in [0.2, 0.25) is 0 Å². The van der Waals surface area contributed by atoms with Crippen LogP contribution in [0.1, 0.15) is 31.4 Å². The topological polar surface area (TPSA) is 79.8 Å². The van der Waals surface area contributed by atoms with Crippen LogP contribution in [0.25, 0.3) is 10.8 Å². The fourth-order valence-electron chi connectivity index (χ4n) is 2.87. The number of hydrogen-bond acceptors (Lipinski definition) is 4. The predicted octanol–water partition coefficient (Wildman–Crippen LogP) is 3.92. The molecule has 0 bridgehead atoms. The highest BCUT2D eigenvalue weighted by atomic mass is 19.1. The Hall–Kier alpha value is -3.74. The van der Waals surface area contributed by atoms with Crippen LogP contribution < -0.4 is 15.5 Å². The Morgan fingerprint density at radius 2 is 1.81 bits per heavy atom. The molecule has 2 N–H and O–H groups in total. The number of hydrogen-bond donors (Lipinski definition) is 2. The molecular formula is C24H24FN3O3. The smallest absolute Gasteiger partial charge is 0.329 e. The Labute approximate surface area is 180 Å². The van der Waals surface area contributed by atoms with E-state index in [9.17, 15) is 14.0 Å². The minimum atomic E-state index is -0.842. The lowest BCUT2D eigenvalue weighted by Gasteiger charge is -2.12. The van der Waals surface area contributed by atoms with Gasteiger partial charge in [0.1, 0.15) is 18.2 Å². The number of hydrazone groups is 1. The zero-order valence-corrected chi connectivity index (χ0v) is 17.4. The molecule has 0 unspecified atom stereocenters. The molecule has 2 amide bonds. The quantitative estimate of drug-likeness (QED) is 0.345. The van der Waals surface area contributed by atoms with Crippen LogP contribution >= 0.6 is 0 Å². The number of carbonyl (C=O) groups excluding carboxylic acids is 2. The Morgan fingerprint density at radius 3 is 2.55 bits per heavy atom. The van der Waals surface area contributed by atoms with Gasteiger partial charge < -0.3 is 10.1 Å². The first-order valence-corrected chi connectivity index (χ1v) is 10.0. The SMILES string of the molecule is CC[C@H](C)NC(=O)C(=O)N/N=C\c1c(OCc2ccc(F)cc2)ccc2ccccc12. The molecule has 0 aliphatic carbocycles. The van der Waals surface area contributed by atoms with E-state index < -0.39 is 11.8 Å². The summed E-state index contributed by atoms with van der Waals surface area (Å²) in [4.78, 5) is 23.8. The van der Waals surface area contributed by atoms with E-state index in [4.69, 9.17) is 4.74 Å². The normalized spacial score (nSPS) is 12.0. The zero-order valence-electron chi connectivity index (χ0n) is 17.4. The molecule has 0 fully saturated rings. The number of fused-ring (bicyclic) bond motifs is 1. The van der Waals surface area contributed by atoms with Crippen LogP contribution in [-0.4, -0.2) is 24.1 Å². The summed E-state index contributed by atoms with van der Waals surface area (Å²) in [6, 6.07) is 17.4.